The molecule has 0 aromatic carbocycles. The van der Waals surface area contributed by atoms with Crippen LogP contribution in [0.1, 0.15) is 19.8 Å². The van der Waals surface area contributed by atoms with Crippen molar-refractivity contribution < 1.29 is 59.5 Å². The minimum Gasteiger partial charge on any atom is -0.388 e. The number of hydrogen-bond donors (Lipinski definition) is 12. The van der Waals surface area contributed by atoms with Crippen LogP contribution in [-0.2, 0) is 23.7 Å². The number of amides is 1. The van der Waals surface area contributed by atoms with Gasteiger partial charge in [0.2, 0.25) is 5.91 Å². The molecule has 2 aliphatic heterocycles. The number of ether oxygens (including phenoxy) is 4. The van der Waals surface area contributed by atoms with Crippen LogP contribution in [0.2, 0.25) is 0 Å². The highest BCUT2D eigenvalue weighted by atomic mass is 16.7. The molecule has 39 heavy (non-hydrogen) atoms. The van der Waals surface area contributed by atoms with E-state index in [0.29, 0.717) is 0 Å². The second-order valence-corrected chi connectivity index (χ2v) is 10.4. The number of hydrogen-bond acceptors (Lipinski definition) is 16. The van der Waals surface area contributed by atoms with E-state index < -0.39 is 97.3 Å². The Bertz CT molecular complexity index is 811. The van der Waals surface area contributed by atoms with Crippen molar-refractivity contribution in [2.24, 2.45) is 17.2 Å². The van der Waals surface area contributed by atoms with Crippen LogP contribution in [0.25, 0.3) is 0 Å². The number of nitrogens with one attached hydrogen (secondary N) is 2. The van der Waals surface area contributed by atoms with E-state index in [4.69, 9.17) is 36.1 Å². The minimum absolute atomic E-state index is 0.105. The van der Waals surface area contributed by atoms with E-state index in [1.165, 1.54) is 14.0 Å². The molecule has 17 heteroatoms. The normalized spacial score (nSPS) is 47.9. The molecule has 1 saturated carbocycles. The van der Waals surface area contributed by atoms with E-state index in [1.54, 1.807) is 0 Å². The van der Waals surface area contributed by atoms with Crippen LogP contribution in [0.4, 0.5) is 0 Å². The van der Waals surface area contributed by atoms with Crippen molar-refractivity contribution >= 4 is 5.91 Å². The standard InChI is InChI=1S/C22H43N5O12/c1-22(35)17(26-2)15(33)20(39-21(22)25)36-9-4-3-7(27-18(34)8(28)5-23)16(12(9)30)38-19-14(32)13(31)11(29)10(6-24)37-19/h7-17,19-21,26,28-33,35H,3-6,23-25H2,1-2H3,(H,27,34)/t7-,8?,9-,10+,11+,12+,13-,14+,15+,16+,17+,19+,20-,21+,22+/m0/s1. The molecule has 2 heterocycles. The maximum Gasteiger partial charge on any atom is 0.250 e. The fourth-order valence-corrected chi connectivity index (χ4v) is 5.16. The summed E-state index contributed by atoms with van der Waals surface area (Å²) < 4.78 is 22.7. The lowest BCUT2D eigenvalue weighted by Gasteiger charge is -2.49. The highest BCUT2D eigenvalue weighted by Gasteiger charge is 2.53. The van der Waals surface area contributed by atoms with E-state index >= 15 is 0 Å². The molecule has 15 atom stereocenters. The maximum absolute atomic E-state index is 12.4. The molecule has 0 radical (unpaired) electrons. The molecular formula is C22H43N5O12. The third-order valence-electron chi connectivity index (χ3n) is 7.65. The number of aliphatic hydroxyl groups excluding tert-OH is 6. The molecule has 2 saturated heterocycles. The monoisotopic (exact) mass is 569 g/mol. The number of rotatable bonds is 9. The van der Waals surface area contributed by atoms with Crippen LogP contribution in [-0.4, -0.2) is 153 Å². The number of carbonyl (C=O) groups excluding carboxylic acids is 1. The third kappa shape index (κ3) is 6.69. The van der Waals surface area contributed by atoms with E-state index in [2.05, 4.69) is 10.6 Å². The summed E-state index contributed by atoms with van der Waals surface area (Å²) in [6.07, 6.45) is -16.9. The maximum atomic E-state index is 12.4. The predicted molar refractivity (Wildman–Crippen MR) is 130 cm³/mol. The molecule has 0 spiro atoms. The fourth-order valence-electron chi connectivity index (χ4n) is 5.16. The molecular weight excluding hydrogens is 526 g/mol. The molecule has 3 aliphatic rings. The van der Waals surface area contributed by atoms with Gasteiger partial charge in [0.25, 0.3) is 0 Å². The molecule has 0 aromatic heterocycles. The Labute approximate surface area is 225 Å². The summed E-state index contributed by atoms with van der Waals surface area (Å²) in [5, 5.41) is 78.6. The SMILES string of the molecule is CN[C@@H]1[C@@H](O)[C@@H](O[C@H]2CC[C@H](NC(=O)C(O)CN)[C@@H](O[C@H]3O[C@H](CN)[C@@H](O)[C@H](O)[C@H]3O)[C@@H]2O)O[C@@H](N)[C@]1(C)O. The number of carbonyl (C=O) groups is 1. The van der Waals surface area contributed by atoms with Gasteiger partial charge in [0.15, 0.2) is 12.6 Å². The van der Waals surface area contributed by atoms with Gasteiger partial charge >= 0.3 is 0 Å². The molecule has 1 aliphatic carbocycles. The first-order valence-electron chi connectivity index (χ1n) is 12.8. The van der Waals surface area contributed by atoms with E-state index in [9.17, 15) is 40.5 Å². The lowest BCUT2D eigenvalue weighted by Crippen LogP contribution is -2.72. The summed E-state index contributed by atoms with van der Waals surface area (Å²) in [6, 6.07) is -1.90. The molecule has 3 rings (SSSR count). The smallest absolute Gasteiger partial charge is 0.250 e. The highest BCUT2D eigenvalue weighted by Crippen LogP contribution is 2.33. The summed E-state index contributed by atoms with van der Waals surface area (Å²) >= 11 is 0. The zero-order valence-corrected chi connectivity index (χ0v) is 21.8. The average molecular weight is 570 g/mol. The topological polar surface area (TPSA) is 298 Å². The first-order chi connectivity index (χ1) is 18.3. The Morgan fingerprint density at radius 1 is 1.00 bits per heavy atom. The summed E-state index contributed by atoms with van der Waals surface area (Å²) in [5.74, 6) is -0.834. The van der Waals surface area contributed by atoms with Gasteiger partial charge in [0.1, 0.15) is 60.7 Å². The molecule has 3 fully saturated rings. The molecule has 15 N–H and O–H groups in total. The van der Waals surface area contributed by atoms with Gasteiger partial charge < -0.3 is 82.5 Å². The van der Waals surface area contributed by atoms with Gasteiger partial charge in [-0.1, -0.05) is 0 Å². The second-order valence-electron chi connectivity index (χ2n) is 10.4. The average Bonchev–Trinajstić information content (AvgIpc) is 2.90. The van der Waals surface area contributed by atoms with Gasteiger partial charge in [-0.3, -0.25) is 4.79 Å². The lowest BCUT2D eigenvalue weighted by molar-refractivity contribution is -0.336. The molecule has 0 bridgehead atoms. The molecule has 1 amide bonds. The summed E-state index contributed by atoms with van der Waals surface area (Å²) in [7, 11) is 1.51. The largest absolute Gasteiger partial charge is 0.388 e. The summed E-state index contributed by atoms with van der Waals surface area (Å²) in [6.45, 7) is 0.801. The van der Waals surface area contributed by atoms with Crippen molar-refractivity contribution in [1.29, 1.82) is 0 Å². The van der Waals surface area contributed by atoms with Crippen LogP contribution in [0.15, 0.2) is 0 Å². The van der Waals surface area contributed by atoms with Crippen LogP contribution in [0.3, 0.4) is 0 Å². The Morgan fingerprint density at radius 2 is 1.64 bits per heavy atom. The van der Waals surface area contributed by atoms with Crippen molar-refractivity contribution in [1.82, 2.24) is 10.6 Å². The lowest BCUT2D eigenvalue weighted by atomic mass is 9.85. The van der Waals surface area contributed by atoms with Gasteiger partial charge in [0.05, 0.1) is 18.2 Å². The van der Waals surface area contributed by atoms with E-state index in [0.717, 1.165) is 0 Å². The van der Waals surface area contributed by atoms with Crippen LogP contribution < -0.4 is 27.8 Å². The van der Waals surface area contributed by atoms with Crippen LogP contribution in [0.5, 0.6) is 0 Å². The first-order valence-corrected chi connectivity index (χ1v) is 12.8. The zero-order valence-electron chi connectivity index (χ0n) is 21.8. The summed E-state index contributed by atoms with van der Waals surface area (Å²) in [4.78, 5) is 12.4. The third-order valence-corrected chi connectivity index (χ3v) is 7.65. The predicted octanol–water partition coefficient (Wildman–Crippen LogP) is -7.18. The van der Waals surface area contributed by atoms with Gasteiger partial charge in [-0.15, -0.1) is 0 Å². The Kier molecular flexibility index (Phi) is 11.0. The Hall–Kier alpha value is -1.13. The van der Waals surface area contributed by atoms with Crippen LogP contribution >= 0.6 is 0 Å². The van der Waals surface area contributed by atoms with Crippen LogP contribution in [0, 0.1) is 0 Å². The van der Waals surface area contributed by atoms with Gasteiger partial charge in [-0.25, -0.2) is 0 Å². The quantitative estimate of drug-likeness (QED) is 0.123. The van der Waals surface area contributed by atoms with Gasteiger partial charge in [-0.2, -0.15) is 0 Å². The zero-order chi connectivity index (χ0) is 29.2. The number of aliphatic hydroxyl groups is 7. The van der Waals surface area contributed by atoms with Gasteiger partial charge in [-0.05, 0) is 26.8 Å². The minimum atomic E-state index is -1.75. The van der Waals surface area contributed by atoms with E-state index in [1.807, 2.05) is 0 Å². The Morgan fingerprint density at radius 3 is 2.23 bits per heavy atom. The van der Waals surface area contributed by atoms with Crippen molar-refractivity contribution in [3.8, 4) is 0 Å². The molecule has 228 valence electrons. The first kappa shape index (κ1) is 32.4. The van der Waals surface area contributed by atoms with Crippen molar-refractivity contribution in [2.45, 2.75) is 111 Å². The van der Waals surface area contributed by atoms with E-state index in [-0.39, 0.29) is 25.9 Å². The van der Waals surface area contributed by atoms with Crippen molar-refractivity contribution in [3.05, 3.63) is 0 Å². The molecule has 0 aromatic rings. The summed E-state index contributed by atoms with van der Waals surface area (Å²) in [5.41, 5.74) is 15.2. The highest BCUT2D eigenvalue weighted by molar-refractivity contribution is 5.81. The van der Waals surface area contributed by atoms with Crippen molar-refractivity contribution in [3.63, 3.8) is 0 Å². The van der Waals surface area contributed by atoms with Crippen molar-refractivity contribution in [2.75, 3.05) is 20.1 Å². The fraction of sp³-hybridized carbons (Fsp3) is 0.955. The molecule has 17 nitrogen and oxygen atoms in total. The van der Waals surface area contributed by atoms with Gasteiger partial charge in [0, 0.05) is 13.1 Å². The number of likely N-dealkylation sites (N-methyl/N-ethyl adjacent to an activating group) is 1. The Balaban J connectivity index is 1.81. The molecule has 1 unspecified atom stereocenters. The second kappa shape index (κ2) is 13.2. The number of nitrogens with two attached hydrogens (primary N) is 3.